The van der Waals surface area contributed by atoms with Gasteiger partial charge in [-0.15, -0.1) is 0 Å². The summed E-state index contributed by atoms with van der Waals surface area (Å²) < 4.78 is 44.9. The van der Waals surface area contributed by atoms with Crippen molar-refractivity contribution >= 4 is 29.3 Å². The first kappa shape index (κ1) is 20.4. The number of alkyl halides is 3. The normalized spacial score (nSPS) is 11.0. The Morgan fingerprint density at radius 3 is 2.55 bits per heavy atom. The second-order valence-electron chi connectivity index (χ2n) is 5.77. The van der Waals surface area contributed by atoms with Gasteiger partial charge < -0.3 is 15.4 Å². The predicted molar refractivity (Wildman–Crippen MR) is 101 cm³/mol. The predicted octanol–water partition coefficient (Wildman–Crippen LogP) is 5.18. The summed E-state index contributed by atoms with van der Waals surface area (Å²) in [5.41, 5.74) is -0.218. The number of benzene rings is 2. The van der Waals surface area contributed by atoms with Gasteiger partial charge in [0.15, 0.2) is 11.4 Å². The zero-order valence-corrected chi connectivity index (χ0v) is 15.5. The molecule has 0 bridgehead atoms. The van der Waals surface area contributed by atoms with E-state index >= 15 is 0 Å². The average Bonchev–Trinajstić information content (AvgIpc) is 2.68. The fourth-order valence-electron chi connectivity index (χ4n) is 2.31. The van der Waals surface area contributed by atoms with Crippen LogP contribution in [0, 0.1) is 0 Å². The van der Waals surface area contributed by atoms with E-state index in [1.165, 1.54) is 6.07 Å². The zero-order chi connectivity index (χ0) is 20.9. The van der Waals surface area contributed by atoms with Crippen molar-refractivity contribution in [3.8, 4) is 5.75 Å². The van der Waals surface area contributed by atoms with Crippen molar-refractivity contribution in [2.75, 3.05) is 5.32 Å². The molecule has 29 heavy (non-hydrogen) atoms. The number of nitrogens with zero attached hydrogens (tertiary/aromatic N) is 2. The highest BCUT2D eigenvalue weighted by molar-refractivity contribution is 6.30. The number of ether oxygens (including phenoxy) is 1. The summed E-state index contributed by atoms with van der Waals surface area (Å²) in [4.78, 5) is 19.1. The molecule has 1 aromatic heterocycles. The molecule has 2 N–H and O–H groups in total. The number of hydrogen-bond donors (Lipinski definition) is 2. The summed E-state index contributed by atoms with van der Waals surface area (Å²) >= 11 is 5.85. The minimum absolute atomic E-state index is 0.0935. The third-order valence-corrected chi connectivity index (χ3v) is 3.82. The minimum Gasteiger partial charge on any atom is -0.406 e. The van der Waals surface area contributed by atoms with Gasteiger partial charge in [0.2, 0.25) is 5.95 Å². The average molecular weight is 423 g/mol. The van der Waals surface area contributed by atoms with Gasteiger partial charge in [0, 0.05) is 17.3 Å². The molecule has 2 aromatic carbocycles. The van der Waals surface area contributed by atoms with Gasteiger partial charge in [0.05, 0.1) is 6.20 Å². The van der Waals surface area contributed by atoms with E-state index in [1.807, 2.05) is 0 Å². The largest absolute Gasteiger partial charge is 0.437 e. The number of hydrogen-bond acceptors (Lipinski definition) is 5. The van der Waals surface area contributed by atoms with Crippen molar-refractivity contribution in [1.82, 2.24) is 15.3 Å². The molecule has 0 saturated carbocycles. The third-order valence-electron chi connectivity index (χ3n) is 3.59. The lowest BCUT2D eigenvalue weighted by Crippen LogP contribution is -2.27. The summed E-state index contributed by atoms with van der Waals surface area (Å²) in [6.07, 6.45) is -5.13. The van der Waals surface area contributed by atoms with Crippen molar-refractivity contribution in [2.45, 2.75) is 12.7 Å². The van der Waals surface area contributed by atoms with Crippen LogP contribution in [0.1, 0.15) is 11.3 Å². The van der Waals surface area contributed by atoms with E-state index in [4.69, 9.17) is 16.3 Å². The molecule has 10 heteroatoms. The lowest BCUT2D eigenvalue weighted by molar-refractivity contribution is -0.142. The lowest BCUT2D eigenvalue weighted by atomic mass is 10.2. The molecule has 0 unspecified atom stereocenters. The Labute approximate surface area is 168 Å². The molecule has 0 saturated heterocycles. The smallest absolute Gasteiger partial charge is 0.406 e. The Hall–Kier alpha value is -3.33. The fourth-order valence-corrected chi connectivity index (χ4v) is 2.50. The molecule has 0 radical (unpaired) electrons. The van der Waals surface area contributed by atoms with Gasteiger partial charge in [-0.3, -0.25) is 0 Å². The number of nitrogens with one attached hydrogen (secondary N) is 2. The van der Waals surface area contributed by atoms with Gasteiger partial charge in [-0.2, -0.15) is 13.2 Å². The number of carbonyl (C=O) groups excluding carboxylic acids is 1. The number of amides is 1. The van der Waals surface area contributed by atoms with E-state index in [0.717, 1.165) is 11.8 Å². The highest BCUT2D eigenvalue weighted by Crippen LogP contribution is 2.35. The Balaban J connectivity index is 1.74. The maximum Gasteiger partial charge on any atom is 0.437 e. The molecule has 1 heterocycles. The Bertz CT molecular complexity index is 1000. The van der Waals surface area contributed by atoms with Crippen LogP contribution in [0.2, 0.25) is 5.02 Å². The first-order chi connectivity index (χ1) is 13.8. The summed E-state index contributed by atoms with van der Waals surface area (Å²) in [5, 5.41) is 5.38. The van der Waals surface area contributed by atoms with Gasteiger partial charge in [0.25, 0.3) is 0 Å². The quantitative estimate of drug-likeness (QED) is 0.592. The monoisotopic (exact) mass is 422 g/mol. The number of halogens is 4. The zero-order valence-electron chi connectivity index (χ0n) is 14.7. The van der Waals surface area contributed by atoms with Crippen LogP contribution in [0.3, 0.4) is 0 Å². The van der Waals surface area contributed by atoms with Crippen LogP contribution in [-0.2, 0) is 12.7 Å². The third kappa shape index (κ3) is 5.82. The molecule has 0 spiro atoms. The van der Waals surface area contributed by atoms with Crippen LogP contribution in [0.25, 0.3) is 0 Å². The Kier molecular flexibility index (Phi) is 6.18. The van der Waals surface area contributed by atoms with E-state index in [0.29, 0.717) is 10.7 Å². The summed E-state index contributed by atoms with van der Waals surface area (Å²) in [6.45, 7) is 0.0935. The van der Waals surface area contributed by atoms with Crippen molar-refractivity contribution < 1.29 is 22.7 Å². The van der Waals surface area contributed by atoms with E-state index in [1.54, 1.807) is 48.5 Å². The second-order valence-corrected chi connectivity index (χ2v) is 6.20. The van der Waals surface area contributed by atoms with Crippen molar-refractivity contribution in [3.63, 3.8) is 0 Å². The van der Waals surface area contributed by atoms with Gasteiger partial charge in [0.1, 0.15) is 0 Å². The summed E-state index contributed by atoms with van der Waals surface area (Å²) in [6, 6.07) is 15.1. The van der Waals surface area contributed by atoms with Crippen LogP contribution in [0.15, 0.2) is 60.8 Å². The molecule has 0 aliphatic rings. The SMILES string of the molecule is O=C(NCc1ccccc1)Oc1cnc(Nc2cccc(Cl)c2)nc1C(F)(F)F. The molecular weight excluding hydrogens is 409 g/mol. The highest BCUT2D eigenvalue weighted by atomic mass is 35.5. The summed E-state index contributed by atoms with van der Waals surface area (Å²) in [5.74, 6) is -1.13. The molecular formula is C19H14ClF3N4O2. The Morgan fingerprint density at radius 2 is 1.86 bits per heavy atom. The molecule has 3 rings (SSSR count). The molecule has 0 aliphatic carbocycles. The molecule has 0 fully saturated rings. The van der Waals surface area contributed by atoms with Gasteiger partial charge in [-0.25, -0.2) is 14.8 Å². The Morgan fingerprint density at radius 1 is 1.10 bits per heavy atom. The topological polar surface area (TPSA) is 76.1 Å². The number of carbonyl (C=O) groups is 1. The van der Waals surface area contributed by atoms with E-state index in [-0.39, 0.29) is 12.5 Å². The molecule has 0 aliphatic heterocycles. The van der Waals surface area contributed by atoms with Crippen molar-refractivity contribution in [2.24, 2.45) is 0 Å². The standard InChI is InChI=1S/C19H14ClF3N4O2/c20-13-7-4-8-14(9-13)26-17-24-11-15(16(27-17)19(21,22)23)29-18(28)25-10-12-5-2-1-3-6-12/h1-9,11H,10H2,(H,25,28)(H,24,26,27). The van der Waals surface area contributed by atoms with E-state index in [2.05, 4.69) is 20.6 Å². The van der Waals surface area contributed by atoms with Crippen molar-refractivity contribution in [1.29, 1.82) is 0 Å². The van der Waals surface area contributed by atoms with Gasteiger partial charge in [-0.1, -0.05) is 48.0 Å². The van der Waals surface area contributed by atoms with Crippen molar-refractivity contribution in [3.05, 3.63) is 77.1 Å². The first-order valence-electron chi connectivity index (χ1n) is 8.28. The number of aromatic nitrogens is 2. The van der Waals surface area contributed by atoms with Gasteiger partial charge in [-0.05, 0) is 23.8 Å². The van der Waals surface area contributed by atoms with Crippen LogP contribution >= 0.6 is 11.6 Å². The minimum atomic E-state index is -4.86. The summed E-state index contributed by atoms with van der Waals surface area (Å²) in [7, 11) is 0. The molecule has 3 aromatic rings. The molecule has 6 nitrogen and oxygen atoms in total. The molecule has 150 valence electrons. The number of anilines is 2. The number of rotatable bonds is 5. The van der Waals surface area contributed by atoms with E-state index in [9.17, 15) is 18.0 Å². The molecule has 0 atom stereocenters. The lowest BCUT2D eigenvalue weighted by Gasteiger charge is -2.14. The first-order valence-corrected chi connectivity index (χ1v) is 8.65. The van der Waals surface area contributed by atoms with Gasteiger partial charge >= 0.3 is 12.3 Å². The van der Waals surface area contributed by atoms with Crippen LogP contribution in [0.5, 0.6) is 5.75 Å². The van der Waals surface area contributed by atoms with E-state index < -0.39 is 23.7 Å². The molecule has 1 amide bonds. The fraction of sp³-hybridized carbons (Fsp3) is 0.105. The maximum atomic E-state index is 13.4. The van der Waals surface area contributed by atoms with Crippen LogP contribution in [0.4, 0.5) is 29.6 Å². The maximum absolute atomic E-state index is 13.4. The van der Waals surface area contributed by atoms with Crippen LogP contribution in [-0.4, -0.2) is 16.1 Å². The highest BCUT2D eigenvalue weighted by Gasteiger charge is 2.38. The van der Waals surface area contributed by atoms with Crippen LogP contribution < -0.4 is 15.4 Å². The second kappa shape index (κ2) is 8.78.